The Morgan fingerprint density at radius 1 is 1.07 bits per heavy atom. The number of anilines is 1. The minimum absolute atomic E-state index is 0.608. The lowest BCUT2D eigenvalue weighted by Crippen LogP contribution is -2.36. The largest absolute Gasteiger partial charge is 0.493 e. The average Bonchev–Trinajstić information content (AvgIpc) is 2.69. The molecule has 0 atom stereocenters. The van der Waals surface area contributed by atoms with Crippen molar-refractivity contribution < 1.29 is 9.47 Å². The lowest BCUT2D eigenvalue weighted by atomic mass is 10.1. The van der Waals surface area contributed by atoms with E-state index < -0.39 is 0 Å². The van der Waals surface area contributed by atoms with Crippen LogP contribution in [0, 0.1) is 6.92 Å². The molecule has 6 heteroatoms. The third-order valence-corrected chi connectivity index (χ3v) is 4.97. The molecule has 0 saturated heterocycles. The SMILES string of the molecule is CCOc1ccc(CN(CCCN(C)C)C(=S)Nc2ccccc2C)cc1OC. The first-order valence-corrected chi connectivity index (χ1v) is 10.4. The number of benzene rings is 2. The monoisotopic (exact) mass is 415 g/mol. The first-order chi connectivity index (χ1) is 13.9. The summed E-state index contributed by atoms with van der Waals surface area (Å²) in [5.74, 6) is 1.51. The fraction of sp³-hybridized carbons (Fsp3) is 0.435. The van der Waals surface area contributed by atoms with Crippen LogP contribution < -0.4 is 14.8 Å². The number of nitrogens with one attached hydrogen (secondary N) is 1. The van der Waals surface area contributed by atoms with Crippen LogP contribution >= 0.6 is 12.2 Å². The normalized spacial score (nSPS) is 10.7. The van der Waals surface area contributed by atoms with E-state index in [9.17, 15) is 0 Å². The highest BCUT2D eigenvalue weighted by molar-refractivity contribution is 7.80. The van der Waals surface area contributed by atoms with Crippen molar-refractivity contribution in [1.29, 1.82) is 0 Å². The van der Waals surface area contributed by atoms with Gasteiger partial charge in [0.2, 0.25) is 0 Å². The van der Waals surface area contributed by atoms with Gasteiger partial charge in [0.25, 0.3) is 0 Å². The van der Waals surface area contributed by atoms with E-state index in [0.29, 0.717) is 13.2 Å². The highest BCUT2D eigenvalue weighted by atomic mass is 32.1. The zero-order chi connectivity index (χ0) is 21.2. The van der Waals surface area contributed by atoms with Crippen LogP contribution in [0.4, 0.5) is 5.69 Å². The Bertz CT molecular complexity index is 795. The Morgan fingerprint density at radius 2 is 1.83 bits per heavy atom. The number of aryl methyl sites for hydroxylation is 1. The van der Waals surface area contributed by atoms with Crippen LogP contribution in [0.25, 0.3) is 0 Å². The van der Waals surface area contributed by atoms with Crippen molar-refractivity contribution >= 4 is 23.0 Å². The second-order valence-electron chi connectivity index (χ2n) is 7.24. The molecule has 29 heavy (non-hydrogen) atoms. The Balaban J connectivity index is 2.16. The van der Waals surface area contributed by atoms with Gasteiger partial charge in [0.05, 0.1) is 13.7 Å². The fourth-order valence-electron chi connectivity index (χ4n) is 3.04. The molecular weight excluding hydrogens is 382 g/mol. The number of hydrogen-bond donors (Lipinski definition) is 1. The van der Waals surface area contributed by atoms with Gasteiger partial charge in [0.1, 0.15) is 0 Å². The number of methoxy groups -OCH3 is 1. The van der Waals surface area contributed by atoms with E-state index in [1.165, 1.54) is 5.56 Å². The van der Waals surface area contributed by atoms with E-state index in [2.05, 4.69) is 54.3 Å². The van der Waals surface area contributed by atoms with Gasteiger partial charge in [-0.25, -0.2) is 0 Å². The third-order valence-electron chi connectivity index (χ3n) is 4.61. The fourth-order valence-corrected chi connectivity index (χ4v) is 3.31. The molecule has 0 spiro atoms. The van der Waals surface area contributed by atoms with Crippen LogP contribution in [0.5, 0.6) is 11.5 Å². The average molecular weight is 416 g/mol. The number of hydrogen-bond acceptors (Lipinski definition) is 4. The van der Waals surface area contributed by atoms with Crippen LogP contribution in [0.1, 0.15) is 24.5 Å². The number of para-hydroxylation sites is 1. The lowest BCUT2D eigenvalue weighted by Gasteiger charge is -2.27. The highest BCUT2D eigenvalue weighted by Crippen LogP contribution is 2.28. The van der Waals surface area contributed by atoms with Crippen molar-refractivity contribution in [2.45, 2.75) is 26.8 Å². The van der Waals surface area contributed by atoms with E-state index in [-0.39, 0.29) is 0 Å². The minimum atomic E-state index is 0.608. The summed E-state index contributed by atoms with van der Waals surface area (Å²) in [4.78, 5) is 4.40. The Hall–Kier alpha value is -2.31. The maximum atomic E-state index is 5.77. The summed E-state index contributed by atoms with van der Waals surface area (Å²) in [5, 5.41) is 4.14. The maximum Gasteiger partial charge on any atom is 0.173 e. The first kappa shape index (κ1) is 23.0. The van der Waals surface area contributed by atoms with E-state index in [1.54, 1.807) is 7.11 Å². The Labute approximate surface area is 180 Å². The predicted molar refractivity (Wildman–Crippen MR) is 125 cm³/mol. The Morgan fingerprint density at radius 3 is 2.48 bits per heavy atom. The van der Waals surface area contributed by atoms with Crippen molar-refractivity contribution in [1.82, 2.24) is 9.80 Å². The summed E-state index contributed by atoms with van der Waals surface area (Å²) < 4.78 is 11.1. The van der Waals surface area contributed by atoms with Crippen LogP contribution in [0.2, 0.25) is 0 Å². The second kappa shape index (κ2) is 11.6. The number of ether oxygens (including phenoxy) is 2. The molecule has 0 aliphatic heterocycles. The summed E-state index contributed by atoms with van der Waals surface area (Å²) in [7, 11) is 5.85. The van der Waals surface area contributed by atoms with Gasteiger partial charge in [-0.05, 0) is 82.5 Å². The molecule has 158 valence electrons. The summed E-state index contributed by atoms with van der Waals surface area (Å²) in [5.41, 5.74) is 3.34. The number of nitrogens with zero attached hydrogens (tertiary/aromatic N) is 2. The molecular formula is C23H33N3O2S. The van der Waals surface area contributed by atoms with Gasteiger partial charge in [-0.15, -0.1) is 0 Å². The van der Waals surface area contributed by atoms with Gasteiger partial charge < -0.3 is 24.6 Å². The minimum Gasteiger partial charge on any atom is -0.493 e. The summed E-state index contributed by atoms with van der Waals surface area (Å²) in [6.07, 6.45) is 1.02. The van der Waals surface area contributed by atoms with Crippen LogP contribution in [-0.2, 0) is 6.54 Å². The molecule has 2 rings (SSSR count). The summed E-state index contributed by atoms with van der Waals surface area (Å²) in [6, 6.07) is 14.3. The van der Waals surface area contributed by atoms with Crippen molar-refractivity contribution in [3.8, 4) is 11.5 Å². The molecule has 0 amide bonds. The van der Waals surface area contributed by atoms with E-state index in [4.69, 9.17) is 21.7 Å². The van der Waals surface area contributed by atoms with Gasteiger partial charge >= 0.3 is 0 Å². The van der Waals surface area contributed by atoms with Gasteiger partial charge in [-0.3, -0.25) is 0 Å². The molecule has 2 aromatic carbocycles. The number of rotatable bonds is 10. The third kappa shape index (κ3) is 7.22. The molecule has 0 heterocycles. The van der Waals surface area contributed by atoms with E-state index >= 15 is 0 Å². The van der Waals surface area contributed by atoms with E-state index in [1.807, 2.05) is 31.2 Å². The predicted octanol–water partition coefficient (Wildman–Crippen LogP) is 4.55. The second-order valence-corrected chi connectivity index (χ2v) is 7.63. The summed E-state index contributed by atoms with van der Waals surface area (Å²) in [6.45, 7) is 7.24. The lowest BCUT2D eigenvalue weighted by molar-refractivity contribution is 0.309. The molecule has 2 aromatic rings. The standard InChI is InChI=1S/C23H33N3O2S/c1-6-28-21-13-12-19(16-22(21)27-5)17-26(15-9-14-25(3)4)23(29)24-20-11-8-7-10-18(20)2/h7-8,10-13,16H,6,9,14-15,17H2,1-5H3,(H,24,29). The van der Waals surface area contributed by atoms with Crippen LogP contribution in [-0.4, -0.2) is 55.8 Å². The van der Waals surface area contributed by atoms with Crippen molar-refractivity contribution in [3.63, 3.8) is 0 Å². The highest BCUT2D eigenvalue weighted by Gasteiger charge is 2.14. The Kier molecular flexibility index (Phi) is 9.22. The van der Waals surface area contributed by atoms with Crippen molar-refractivity contribution in [3.05, 3.63) is 53.6 Å². The molecule has 0 fully saturated rings. The van der Waals surface area contributed by atoms with Crippen molar-refractivity contribution in [2.75, 3.05) is 46.2 Å². The van der Waals surface area contributed by atoms with Gasteiger partial charge in [0.15, 0.2) is 16.6 Å². The molecule has 0 radical (unpaired) electrons. The van der Waals surface area contributed by atoms with Crippen molar-refractivity contribution in [2.24, 2.45) is 0 Å². The smallest absolute Gasteiger partial charge is 0.173 e. The molecule has 0 unspecified atom stereocenters. The number of thiocarbonyl (C=S) groups is 1. The molecule has 0 saturated carbocycles. The first-order valence-electron chi connectivity index (χ1n) is 10.0. The summed E-state index contributed by atoms with van der Waals surface area (Å²) >= 11 is 5.77. The van der Waals surface area contributed by atoms with Crippen LogP contribution in [0.15, 0.2) is 42.5 Å². The van der Waals surface area contributed by atoms with Crippen LogP contribution in [0.3, 0.4) is 0 Å². The molecule has 0 aliphatic carbocycles. The van der Waals surface area contributed by atoms with Gasteiger partial charge in [-0.2, -0.15) is 0 Å². The van der Waals surface area contributed by atoms with E-state index in [0.717, 1.165) is 47.4 Å². The maximum absolute atomic E-state index is 5.77. The van der Waals surface area contributed by atoms with Gasteiger partial charge in [0, 0.05) is 18.8 Å². The molecule has 1 N–H and O–H groups in total. The molecule has 0 aromatic heterocycles. The molecule has 0 bridgehead atoms. The zero-order valence-electron chi connectivity index (χ0n) is 18.2. The topological polar surface area (TPSA) is 37.0 Å². The molecule has 0 aliphatic rings. The zero-order valence-corrected chi connectivity index (χ0v) is 19.0. The van der Waals surface area contributed by atoms with Gasteiger partial charge in [-0.1, -0.05) is 24.3 Å². The quantitative estimate of drug-likeness (QED) is 0.574. The molecule has 5 nitrogen and oxygen atoms in total.